The van der Waals surface area contributed by atoms with Gasteiger partial charge < -0.3 is 14.8 Å². The van der Waals surface area contributed by atoms with Crippen molar-refractivity contribution >= 4 is 11.6 Å². The molecule has 0 saturated heterocycles. The summed E-state index contributed by atoms with van der Waals surface area (Å²) in [5.74, 6) is 1.09. The van der Waals surface area contributed by atoms with E-state index in [1.54, 1.807) is 32.4 Å². The highest BCUT2D eigenvalue weighted by molar-refractivity contribution is 6.06. The van der Waals surface area contributed by atoms with Crippen molar-refractivity contribution < 1.29 is 14.3 Å². The lowest BCUT2D eigenvalue weighted by Gasteiger charge is -2.13. The van der Waals surface area contributed by atoms with Crippen molar-refractivity contribution in [2.45, 2.75) is 13.8 Å². The van der Waals surface area contributed by atoms with E-state index in [-0.39, 0.29) is 5.91 Å². The SMILES string of the molecule is COc1ccc(OC)c(NC(=O)c2cc(C)ccc2C)c1. The highest BCUT2D eigenvalue weighted by atomic mass is 16.5. The van der Waals surface area contributed by atoms with Gasteiger partial charge >= 0.3 is 0 Å². The molecule has 0 aromatic heterocycles. The minimum atomic E-state index is -0.164. The molecule has 0 atom stereocenters. The van der Waals surface area contributed by atoms with Crippen LogP contribution in [0.25, 0.3) is 0 Å². The molecule has 2 aromatic rings. The van der Waals surface area contributed by atoms with E-state index in [1.807, 2.05) is 32.0 Å². The molecule has 0 unspecified atom stereocenters. The molecule has 4 heteroatoms. The zero-order chi connectivity index (χ0) is 15.4. The lowest BCUT2D eigenvalue weighted by Crippen LogP contribution is -2.14. The lowest BCUT2D eigenvalue weighted by molar-refractivity contribution is 0.102. The third-order valence-corrected chi connectivity index (χ3v) is 3.29. The standard InChI is InChI=1S/C17H19NO3/c1-11-5-6-12(2)14(9-11)17(19)18-15-10-13(20-3)7-8-16(15)21-4/h5-10H,1-4H3,(H,18,19). The zero-order valence-electron chi connectivity index (χ0n) is 12.7. The van der Waals surface area contributed by atoms with Crippen LogP contribution in [0.4, 0.5) is 5.69 Å². The smallest absolute Gasteiger partial charge is 0.256 e. The number of hydrogen-bond acceptors (Lipinski definition) is 3. The van der Waals surface area contributed by atoms with Crippen LogP contribution in [-0.4, -0.2) is 20.1 Å². The van der Waals surface area contributed by atoms with E-state index in [9.17, 15) is 4.79 Å². The molecule has 0 aliphatic carbocycles. The Labute approximate surface area is 124 Å². The number of anilines is 1. The predicted octanol–water partition coefficient (Wildman–Crippen LogP) is 3.57. The summed E-state index contributed by atoms with van der Waals surface area (Å²) in [5.41, 5.74) is 3.21. The number of amides is 1. The van der Waals surface area contributed by atoms with Gasteiger partial charge in [-0.15, -0.1) is 0 Å². The molecule has 0 bridgehead atoms. The van der Waals surface area contributed by atoms with Crippen LogP contribution in [0.3, 0.4) is 0 Å². The van der Waals surface area contributed by atoms with Gasteiger partial charge in [-0.3, -0.25) is 4.79 Å². The van der Waals surface area contributed by atoms with Gasteiger partial charge in [-0.2, -0.15) is 0 Å². The molecular formula is C17H19NO3. The fraction of sp³-hybridized carbons (Fsp3) is 0.235. The first-order valence-electron chi connectivity index (χ1n) is 6.65. The first kappa shape index (κ1) is 14.9. The number of aryl methyl sites for hydroxylation is 2. The van der Waals surface area contributed by atoms with E-state index >= 15 is 0 Å². The maximum absolute atomic E-state index is 12.4. The first-order valence-corrected chi connectivity index (χ1v) is 6.65. The van der Waals surface area contributed by atoms with Gasteiger partial charge in [0.25, 0.3) is 5.91 Å². The predicted molar refractivity (Wildman–Crippen MR) is 83.4 cm³/mol. The van der Waals surface area contributed by atoms with E-state index in [0.717, 1.165) is 11.1 Å². The summed E-state index contributed by atoms with van der Waals surface area (Å²) >= 11 is 0. The Hall–Kier alpha value is -2.49. The maximum atomic E-state index is 12.4. The van der Waals surface area contributed by atoms with E-state index in [4.69, 9.17) is 9.47 Å². The fourth-order valence-electron chi connectivity index (χ4n) is 2.08. The van der Waals surface area contributed by atoms with E-state index in [1.165, 1.54) is 0 Å². The van der Waals surface area contributed by atoms with Crippen LogP contribution in [0.5, 0.6) is 11.5 Å². The quantitative estimate of drug-likeness (QED) is 0.934. The molecule has 1 amide bonds. The molecular weight excluding hydrogens is 266 g/mol. The number of ether oxygens (including phenoxy) is 2. The van der Waals surface area contributed by atoms with E-state index in [2.05, 4.69) is 5.32 Å². The van der Waals surface area contributed by atoms with Crippen molar-refractivity contribution in [1.29, 1.82) is 0 Å². The van der Waals surface area contributed by atoms with Crippen LogP contribution in [0, 0.1) is 13.8 Å². The van der Waals surface area contributed by atoms with Gasteiger partial charge in [0.1, 0.15) is 11.5 Å². The minimum Gasteiger partial charge on any atom is -0.497 e. The van der Waals surface area contributed by atoms with Crippen molar-refractivity contribution in [3.63, 3.8) is 0 Å². The highest BCUT2D eigenvalue weighted by Crippen LogP contribution is 2.29. The van der Waals surface area contributed by atoms with Crippen LogP contribution in [-0.2, 0) is 0 Å². The Kier molecular flexibility index (Phi) is 4.48. The molecule has 0 fully saturated rings. The number of benzene rings is 2. The van der Waals surface area contributed by atoms with Crippen molar-refractivity contribution in [3.05, 3.63) is 53.1 Å². The molecule has 0 aliphatic heterocycles. The summed E-state index contributed by atoms with van der Waals surface area (Å²) in [6.45, 7) is 3.87. The molecule has 1 N–H and O–H groups in total. The summed E-state index contributed by atoms with van der Waals surface area (Å²) in [6, 6.07) is 11.1. The third-order valence-electron chi connectivity index (χ3n) is 3.29. The molecule has 0 aliphatic rings. The summed E-state index contributed by atoms with van der Waals surface area (Å²) in [6.07, 6.45) is 0. The summed E-state index contributed by atoms with van der Waals surface area (Å²) < 4.78 is 10.4. The van der Waals surface area contributed by atoms with Crippen molar-refractivity contribution in [2.24, 2.45) is 0 Å². The van der Waals surface area contributed by atoms with Gasteiger partial charge in [0.2, 0.25) is 0 Å². The van der Waals surface area contributed by atoms with Gasteiger partial charge in [-0.05, 0) is 37.6 Å². The van der Waals surface area contributed by atoms with E-state index in [0.29, 0.717) is 22.7 Å². The van der Waals surface area contributed by atoms with Gasteiger partial charge in [0.05, 0.1) is 19.9 Å². The topological polar surface area (TPSA) is 47.6 Å². The fourth-order valence-corrected chi connectivity index (χ4v) is 2.08. The molecule has 110 valence electrons. The summed E-state index contributed by atoms with van der Waals surface area (Å²) in [4.78, 5) is 12.4. The normalized spacial score (nSPS) is 10.1. The van der Waals surface area contributed by atoms with Crippen LogP contribution in [0.2, 0.25) is 0 Å². The molecule has 4 nitrogen and oxygen atoms in total. The summed E-state index contributed by atoms with van der Waals surface area (Å²) in [7, 11) is 3.15. The molecule has 2 aromatic carbocycles. The molecule has 0 radical (unpaired) electrons. The highest BCUT2D eigenvalue weighted by Gasteiger charge is 2.13. The number of rotatable bonds is 4. The maximum Gasteiger partial charge on any atom is 0.256 e. The van der Waals surface area contributed by atoms with Crippen LogP contribution >= 0.6 is 0 Å². The van der Waals surface area contributed by atoms with Gasteiger partial charge in [-0.1, -0.05) is 17.7 Å². The second-order valence-corrected chi connectivity index (χ2v) is 4.84. The van der Waals surface area contributed by atoms with Crippen molar-refractivity contribution in [3.8, 4) is 11.5 Å². The third kappa shape index (κ3) is 3.34. The second-order valence-electron chi connectivity index (χ2n) is 4.84. The van der Waals surface area contributed by atoms with Gasteiger partial charge in [-0.25, -0.2) is 0 Å². The van der Waals surface area contributed by atoms with Crippen LogP contribution in [0.15, 0.2) is 36.4 Å². The largest absolute Gasteiger partial charge is 0.497 e. The number of hydrogen-bond donors (Lipinski definition) is 1. The van der Waals surface area contributed by atoms with Crippen LogP contribution in [0.1, 0.15) is 21.5 Å². The Balaban J connectivity index is 2.32. The molecule has 0 spiro atoms. The average molecular weight is 285 g/mol. The average Bonchev–Trinajstić information content (AvgIpc) is 2.49. The Morgan fingerprint density at radius 1 is 1.00 bits per heavy atom. The van der Waals surface area contributed by atoms with E-state index < -0.39 is 0 Å². The molecule has 0 heterocycles. The van der Waals surface area contributed by atoms with Crippen LogP contribution < -0.4 is 14.8 Å². The zero-order valence-corrected chi connectivity index (χ0v) is 12.7. The first-order chi connectivity index (χ1) is 10.0. The Morgan fingerprint density at radius 2 is 1.76 bits per heavy atom. The Bertz CT molecular complexity index is 665. The lowest BCUT2D eigenvalue weighted by atomic mass is 10.0. The van der Waals surface area contributed by atoms with Crippen molar-refractivity contribution in [1.82, 2.24) is 0 Å². The Morgan fingerprint density at radius 3 is 2.43 bits per heavy atom. The molecule has 2 rings (SSSR count). The van der Waals surface area contributed by atoms with Gasteiger partial charge in [0, 0.05) is 11.6 Å². The van der Waals surface area contributed by atoms with Crippen molar-refractivity contribution in [2.75, 3.05) is 19.5 Å². The number of methoxy groups -OCH3 is 2. The minimum absolute atomic E-state index is 0.164. The number of carbonyl (C=O) groups excluding carboxylic acids is 1. The van der Waals surface area contributed by atoms with Gasteiger partial charge in [0.15, 0.2) is 0 Å². The number of carbonyl (C=O) groups is 1. The molecule has 0 saturated carbocycles. The summed E-state index contributed by atoms with van der Waals surface area (Å²) in [5, 5.41) is 2.88. The second kappa shape index (κ2) is 6.31. The monoisotopic (exact) mass is 285 g/mol. The molecule has 21 heavy (non-hydrogen) atoms. The number of nitrogens with one attached hydrogen (secondary N) is 1.